The van der Waals surface area contributed by atoms with Crippen molar-refractivity contribution < 1.29 is 22.7 Å². The topological polar surface area (TPSA) is 68.2 Å². The highest BCUT2D eigenvalue weighted by molar-refractivity contribution is 6.42. The summed E-state index contributed by atoms with van der Waals surface area (Å²) in [6.45, 7) is 4.26. The molecule has 0 N–H and O–H groups in total. The average Bonchev–Trinajstić information content (AvgIpc) is 3.26. The standard InChI is InChI=1S/C24H21Cl2F3N4O2/c1-13(35-22-6-4-17(10-32-22)24(27,28)29)18-11-33(23(34)16-8-30-14(2)31-9-16)12-19(18)15-3-5-20(25)21(26)7-15/h3-10,13,18-19H,11-12H2,1-2H3/t13-,18+,19+/m0/s1. The lowest BCUT2D eigenvalue weighted by Gasteiger charge is -2.25. The van der Waals surface area contributed by atoms with Gasteiger partial charge in [-0.25, -0.2) is 15.0 Å². The number of nitrogens with zero attached hydrogens (tertiary/aromatic N) is 4. The summed E-state index contributed by atoms with van der Waals surface area (Å²) in [6.07, 6.45) is -1.26. The van der Waals surface area contributed by atoms with E-state index in [0.29, 0.717) is 34.5 Å². The molecule has 0 spiro atoms. The lowest BCUT2D eigenvalue weighted by Crippen LogP contribution is -2.32. The first-order valence-corrected chi connectivity index (χ1v) is 11.5. The van der Waals surface area contributed by atoms with Gasteiger partial charge in [0.25, 0.3) is 5.91 Å². The molecule has 11 heteroatoms. The van der Waals surface area contributed by atoms with Gasteiger partial charge in [-0.2, -0.15) is 13.2 Å². The molecule has 1 aliphatic heterocycles. The van der Waals surface area contributed by atoms with Crippen molar-refractivity contribution in [2.24, 2.45) is 5.92 Å². The Kier molecular flexibility index (Phi) is 7.19. The summed E-state index contributed by atoms with van der Waals surface area (Å²) in [5.41, 5.74) is 0.377. The van der Waals surface area contributed by atoms with E-state index in [1.807, 2.05) is 6.07 Å². The van der Waals surface area contributed by atoms with Gasteiger partial charge in [-0.15, -0.1) is 0 Å². The number of halogens is 5. The van der Waals surface area contributed by atoms with Crippen molar-refractivity contribution in [1.29, 1.82) is 0 Å². The fourth-order valence-electron chi connectivity index (χ4n) is 4.15. The normalized spacial score (nSPS) is 19.0. The number of likely N-dealkylation sites (tertiary alicyclic amines) is 1. The van der Waals surface area contributed by atoms with Crippen LogP contribution in [0.3, 0.4) is 0 Å². The van der Waals surface area contributed by atoms with Crippen molar-refractivity contribution in [2.75, 3.05) is 13.1 Å². The molecule has 35 heavy (non-hydrogen) atoms. The summed E-state index contributed by atoms with van der Waals surface area (Å²) in [5.74, 6) is 0.0318. The van der Waals surface area contributed by atoms with E-state index in [1.165, 1.54) is 18.5 Å². The van der Waals surface area contributed by atoms with Crippen LogP contribution in [-0.4, -0.2) is 45.0 Å². The van der Waals surface area contributed by atoms with Gasteiger partial charge in [0, 0.05) is 49.6 Å². The fourth-order valence-corrected chi connectivity index (χ4v) is 4.45. The van der Waals surface area contributed by atoms with E-state index < -0.39 is 17.8 Å². The van der Waals surface area contributed by atoms with Crippen molar-refractivity contribution in [1.82, 2.24) is 19.9 Å². The van der Waals surface area contributed by atoms with Gasteiger partial charge in [-0.1, -0.05) is 29.3 Å². The molecule has 1 aliphatic rings. The molecule has 0 radical (unpaired) electrons. The molecule has 1 fully saturated rings. The molecule has 1 amide bonds. The molecule has 2 aromatic heterocycles. The Balaban J connectivity index is 1.58. The van der Waals surface area contributed by atoms with Gasteiger partial charge in [-0.3, -0.25) is 4.79 Å². The van der Waals surface area contributed by atoms with Gasteiger partial charge >= 0.3 is 6.18 Å². The van der Waals surface area contributed by atoms with E-state index in [4.69, 9.17) is 27.9 Å². The number of alkyl halides is 3. The lowest BCUT2D eigenvalue weighted by atomic mass is 9.86. The molecule has 3 atom stereocenters. The Morgan fingerprint density at radius 1 is 1.06 bits per heavy atom. The summed E-state index contributed by atoms with van der Waals surface area (Å²) in [5, 5.41) is 0.797. The molecule has 4 rings (SSSR count). The number of hydrogen-bond donors (Lipinski definition) is 0. The van der Waals surface area contributed by atoms with Gasteiger partial charge < -0.3 is 9.64 Å². The minimum Gasteiger partial charge on any atom is -0.474 e. The molecule has 3 heterocycles. The van der Waals surface area contributed by atoms with Crippen molar-refractivity contribution in [3.8, 4) is 5.88 Å². The smallest absolute Gasteiger partial charge is 0.417 e. The van der Waals surface area contributed by atoms with Crippen LogP contribution >= 0.6 is 23.2 Å². The van der Waals surface area contributed by atoms with Gasteiger partial charge in [0.1, 0.15) is 11.9 Å². The number of carbonyl (C=O) groups excluding carboxylic acids is 1. The predicted octanol–water partition coefficient (Wildman–Crippen LogP) is 5.83. The van der Waals surface area contributed by atoms with Crippen LogP contribution in [-0.2, 0) is 6.18 Å². The van der Waals surface area contributed by atoms with Crippen LogP contribution < -0.4 is 4.74 Å². The molecule has 0 aliphatic carbocycles. The van der Waals surface area contributed by atoms with E-state index in [2.05, 4.69) is 15.0 Å². The minimum atomic E-state index is -4.48. The Morgan fingerprint density at radius 3 is 2.37 bits per heavy atom. The second kappa shape index (κ2) is 9.99. The number of hydrogen-bond acceptors (Lipinski definition) is 5. The predicted molar refractivity (Wildman–Crippen MR) is 125 cm³/mol. The van der Waals surface area contributed by atoms with Gasteiger partial charge in [0.15, 0.2) is 0 Å². The molecule has 0 unspecified atom stereocenters. The maximum atomic E-state index is 13.2. The number of aromatic nitrogens is 3. The summed E-state index contributed by atoms with van der Waals surface area (Å²) in [7, 11) is 0. The van der Waals surface area contributed by atoms with Crippen molar-refractivity contribution >= 4 is 29.1 Å². The zero-order chi connectivity index (χ0) is 25.3. The summed E-state index contributed by atoms with van der Waals surface area (Å²) in [6, 6.07) is 7.41. The van der Waals surface area contributed by atoms with E-state index in [9.17, 15) is 18.0 Å². The second-order valence-electron chi connectivity index (χ2n) is 8.38. The minimum absolute atomic E-state index is 0.0649. The summed E-state index contributed by atoms with van der Waals surface area (Å²) < 4.78 is 44.5. The highest BCUT2D eigenvalue weighted by atomic mass is 35.5. The van der Waals surface area contributed by atoms with E-state index in [0.717, 1.165) is 17.8 Å². The van der Waals surface area contributed by atoms with Crippen molar-refractivity contribution in [3.63, 3.8) is 0 Å². The molecule has 3 aromatic rings. The number of carbonyl (C=O) groups is 1. The first kappa shape index (κ1) is 25.2. The molecule has 6 nitrogen and oxygen atoms in total. The number of ether oxygens (including phenoxy) is 1. The van der Waals surface area contributed by atoms with Crippen LogP contribution in [0.25, 0.3) is 0 Å². The molecule has 1 aromatic carbocycles. The highest BCUT2D eigenvalue weighted by Crippen LogP contribution is 2.39. The van der Waals surface area contributed by atoms with Gasteiger partial charge in [-0.05, 0) is 37.6 Å². The van der Waals surface area contributed by atoms with Crippen LogP contribution in [0.4, 0.5) is 13.2 Å². The summed E-state index contributed by atoms with van der Waals surface area (Å²) >= 11 is 12.3. The van der Waals surface area contributed by atoms with E-state index >= 15 is 0 Å². The Morgan fingerprint density at radius 2 is 1.77 bits per heavy atom. The third kappa shape index (κ3) is 5.67. The first-order valence-electron chi connectivity index (χ1n) is 10.8. The van der Waals surface area contributed by atoms with Crippen LogP contribution in [0, 0.1) is 12.8 Å². The third-order valence-electron chi connectivity index (χ3n) is 6.03. The van der Waals surface area contributed by atoms with Gasteiger partial charge in [0.2, 0.25) is 5.88 Å². The average molecular weight is 525 g/mol. The molecule has 0 bridgehead atoms. The number of aryl methyl sites for hydroxylation is 1. The van der Waals surface area contributed by atoms with Crippen LogP contribution in [0.5, 0.6) is 5.88 Å². The zero-order valence-electron chi connectivity index (χ0n) is 18.8. The second-order valence-corrected chi connectivity index (χ2v) is 9.19. The SMILES string of the molecule is Cc1ncc(C(=O)N2C[C@H]([C@H](C)Oc3ccc(C(F)(F)F)cn3)[C@@H](c3ccc(Cl)c(Cl)c3)C2)cn1. The monoisotopic (exact) mass is 524 g/mol. The molecule has 0 saturated carbocycles. The largest absolute Gasteiger partial charge is 0.474 e. The maximum Gasteiger partial charge on any atom is 0.417 e. The number of rotatable bonds is 5. The zero-order valence-corrected chi connectivity index (χ0v) is 20.3. The van der Waals surface area contributed by atoms with E-state index in [-0.39, 0.29) is 23.6 Å². The Bertz CT molecular complexity index is 1210. The van der Waals surface area contributed by atoms with Crippen LogP contribution in [0.2, 0.25) is 10.0 Å². The molecule has 184 valence electrons. The van der Waals surface area contributed by atoms with E-state index in [1.54, 1.807) is 30.9 Å². The lowest BCUT2D eigenvalue weighted by molar-refractivity contribution is -0.137. The number of pyridine rings is 1. The Labute approximate surface area is 210 Å². The van der Waals surface area contributed by atoms with Crippen LogP contribution in [0.1, 0.15) is 40.2 Å². The quantitative estimate of drug-likeness (QED) is 0.420. The fraction of sp³-hybridized carbons (Fsp3) is 0.333. The first-order chi connectivity index (χ1) is 16.5. The van der Waals surface area contributed by atoms with Crippen molar-refractivity contribution in [3.05, 3.63) is 81.5 Å². The summed E-state index contributed by atoms with van der Waals surface area (Å²) in [4.78, 5) is 26.9. The third-order valence-corrected chi connectivity index (χ3v) is 6.76. The maximum absolute atomic E-state index is 13.2. The van der Waals surface area contributed by atoms with Crippen molar-refractivity contribution in [2.45, 2.75) is 32.0 Å². The van der Waals surface area contributed by atoms with Crippen LogP contribution in [0.15, 0.2) is 48.9 Å². The number of amides is 1. The number of benzene rings is 1. The molecular formula is C24H21Cl2F3N4O2. The highest BCUT2D eigenvalue weighted by Gasteiger charge is 2.41. The molecule has 1 saturated heterocycles. The molecular weight excluding hydrogens is 504 g/mol. The Hall–Kier alpha value is -2.91. The van der Waals surface area contributed by atoms with Gasteiger partial charge in [0.05, 0.1) is 21.2 Å².